The number of amides is 1. The van der Waals surface area contributed by atoms with E-state index in [1.807, 2.05) is 0 Å². The summed E-state index contributed by atoms with van der Waals surface area (Å²) in [4.78, 5) is 13.1. The lowest BCUT2D eigenvalue weighted by Crippen LogP contribution is -2.39. The number of nitrogens with one attached hydrogen (secondary N) is 1. The summed E-state index contributed by atoms with van der Waals surface area (Å²) in [5, 5.41) is 2.70. The average Bonchev–Trinajstić information content (AvgIpc) is 2.89. The molecule has 0 bridgehead atoms. The first-order valence-corrected chi connectivity index (χ1v) is 7.89. The van der Waals surface area contributed by atoms with Crippen molar-refractivity contribution in [3.8, 4) is 11.5 Å². The lowest BCUT2D eigenvalue weighted by Gasteiger charge is -2.35. The van der Waals surface area contributed by atoms with Gasteiger partial charge >= 0.3 is 0 Å². The molecule has 2 aliphatic rings. The van der Waals surface area contributed by atoms with Crippen LogP contribution in [0.25, 0.3) is 0 Å². The second-order valence-corrected chi connectivity index (χ2v) is 6.28. The normalized spacial score (nSPS) is 15.7. The minimum absolute atomic E-state index is 0.206. The number of carbonyl (C=O) groups excluding carboxylic acids is 1. The predicted octanol–water partition coefficient (Wildman–Crippen LogP) is 4.50. The molecule has 0 radical (unpaired) electrons. The second kappa shape index (κ2) is 4.88. The number of benzene rings is 3. The maximum absolute atomic E-state index is 14.0. The summed E-state index contributed by atoms with van der Waals surface area (Å²) in [6.45, 7) is 0. The molecular formula is C20H10F3NO2. The van der Waals surface area contributed by atoms with Crippen LogP contribution in [-0.4, -0.2) is 5.91 Å². The number of hydrogen-bond donors (Lipinski definition) is 1. The van der Waals surface area contributed by atoms with Crippen molar-refractivity contribution in [1.29, 1.82) is 0 Å². The highest BCUT2D eigenvalue weighted by molar-refractivity contribution is 6.12. The third kappa shape index (κ3) is 1.76. The van der Waals surface area contributed by atoms with Crippen molar-refractivity contribution in [3.05, 3.63) is 88.7 Å². The number of carbonyl (C=O) groups is 1. The SMILES string of the molecule is O=C1Nc2ccc(F)cc2C12c1cc(F)ccc1Oc1ccc(F)cc12. The summed E-state index contributed by atoms with van der Waals surface area (Å²) in [6, 6.07) is 11.4. The highest BCUT2D eigenvalue weighted by Gasteiger charge is 2.55. The quantitative estimate of drug-likeness (QED) is 0.646. The monoisotopic (exact) mass is 353 g/mol. The molecule has 5 rings (SSSR count). The Labute approximate surface area is 146 Å². The van der Waals surface area contributed by atoms with E-state index in [0.717, 1.165) is 0 Å². The minimum atomic E-state index is -1.59. The van der Waals surface area contributed by atoms with Gasteiger partial charge in [-0.05, 0) is 54.6 Å². The largest absolute Gasteiger partial charge is 0.457 e. The highest BCUT2D eigenvalue weighted by Crippen LogP contribution is 2.56. The van der Waals surface area contributed by atoms with Crippen molar-refractivity contribution in [1.82, 2.24) is 0 Å². The fourth-order valence-corrected chi connectivity index (χ4v) is 3.84. The highest BCUT2D eigenvalue weighted by atomic mass is 19.1. The molecule has 0 saturated heterocycles. The molecule has 2 aliphatic heterocycles. The number of hydrogen-bond acceptors (Lipinski definition) is 2. The van der Waals surface area contributed by atoms with Gasteiger partial charge in [-0.15, -0.1) is 0 Å². The predicted molar refractivity (Wildman–Crippen MR) is 87.8 cm³/mol. The number of halogens is 3. The average molecular weight is 353 g/mol. The first kappa shape index (κ1) is 15.0. The van der Waals surface area contributed by atoms with Gasteiger partial charge in [0.25, 0.3) is 0 Å². The van der Waals surface area contributed by atoms with Gasteiger partial charge in [-0.1, -0.05) is 0 Å². The number of anilines is 1. The molecule has 6 heteroatoms. The van der Waals surface area contributed by atoms with Crippen molar-refractivity contribution in [2.24, 2.45) is 0 Å². The van der Waals surface area contributed by atoms with E-state index in [2.05, 4.69) is 5.32 Å². The van der Waals surface area contributed by atoms with Gasteiger partial charge in [0.15, 0.2) is 0 Å². The number of fused-ring (bicyclic) bond motifs is 6. The zero-order chi connectivity index (χ0) is 18.1. The summed E-state index contributed by atoms with van der Waals surface area (Å²) in [6.07, 6.45) is 0. The Morgan fingerprint density at radius 3 is 1.81 bits per heavy atom. The van der Waals surface area contributed by atoms with Crippen LogP contribution < -0.4 is 10.1 Å². The maximum atomic E-state index is 14.0. The van der Waals surface area contributed by atoms with Gasteiger partial charge in [0, 0.05) is 22.4 Å². The van der Waals surface area contributed by atoms with E-state index in [1.54, 1.807) is 0 Å². The van der Waals surface area contributed by atoms with Crippen LogP contribution in [0.5, 0.6) is 11.5 Å². The van der Waals surface area contributed by atoms with Crippen LogP contribution in [0.1, 0.15) is 16.7 Å². The van der Waals surface area contributed by atoms with E-state index in [9.17, 15) is 18.0 Å². The molecule has 3 nitrogen and oxygen atoms in total. The minimum Gasteiger partial charge on any atom is -0.457 e. The van der Waals surface area contributed by atoms with Crippen molar-refractivity contribution >= 4 is 11.6 Å². The van der Waals surface area contributed by atoms with Crippen molar-refractivity contribution < 1.29 is 22.7 Å². The maximum Gasteiger partial charge on any atom is 0.244 e. The Balaban J connectivity index is 1.96. The second-order valence-electron chi connectivity index (χ2n) is 6.28. The Hall–Kier alpha value is -3.28. The molecule has 0 saturated carbocycles. The lowest BCUT2D eigenvalue weighted by atomic mass is 9.68. The fraction of sp³-hybridized carbons (Fsp3) is 0.0500. The molecule has 26 heavy (non-hydrogen) atoms. The van der Waals surface area contributed by atoms with E-state index >= 15 is 0 Å². The first-order valence-electron chi connectivity index (χ1n) is 7.89. The molecule has 3 aromatic carbocycles. The first-order chi connectivity index (χ1) is 12.5. The molecule has 128 valence electrons. The number of ether oxygens (including phenoxy) is 1. The van der Waals surface area contributed by atoms with Gasteiger partial charge in [-0.3, -0.25) is 4.79 Å². The van der Waals surface area contributed by atoms with Crippen LogP contribution in [0, 0.1) is 17.5 Å². The van der Waals surface area contributed by atoms with Crippen LogP contribution in [0.3, 0.4) is 0 Å². The molecule has 1 amide bonds. The molecule has 1 spiro atoms. The third-order valence-corrected chi connectivity index (χ3v) is 4.89. The Kier molecular flexibility index (Phi) is 2.82. The Bertz CT molecular complexity index is 1060. The smallest absolute Gasteiger partial charge is 0.244 e. The van der Waals surface area contributed by atoms with Crippen LogP contribution in [-0.2, 0) is 10.2 Å². The topological polar surface area (TPSA) is 38.3 Å². The zero-order valence-corrected chi connectivity index (χ0v) is 13.1. The Morgan fingerprint density at radius 1 is 0.731 bits per heavy atom. The van der Waals surface area contributed by atoms with Crippen LogP contribution >= 0.6 is 0 Å². The summed E-state index contributed by atoms with van der Waals surface area (Å²) in [7, 11) is 0. The molecule has 0 aliphatic carbocycles. The van der Waals surface area contributed by atoms with Crippen molar-refractivity contribution in [2.45, 2.75) is 5.41 Å². The number of rotatable bonds is 0. The van der Waals surface area contributed by atoms with Crippen molar-refractivity contribution in [3.63, 3.8) is 0 Å². The molecule has 0 atom stereocenters. The van der Waals surface area contributed by atoms with E-state index in [0.29, 0.717) is 11.3 Å². The van der Waals surface area contributed by atoms with Gasteiger partial charge in [0.2, 0.25) is 5.91 Å². The summed E-state index contributed by atoms with van der Waals surface area (Å²) >= 11 is 0. The van der Waals surface area contributed by atoms with Crippen molar-refractivity contribution in [2.75, 3.05) is 5.32 Å². The van der Waals surface area contributed by atoms with Gasteiger partial charge in [0.05, 0.1) is 0 Å². The molecule has 0 aromatic heterocycles. The molecule has 0 unspecified atom stereocenters. The molecule has 0 fully saturated rings. The molecular weight excluding hydrogens is 343 g/mol. The van der Waals surface area contributed by atoms with E-state index in [1.165, 1.54) is 54.6 Å². The standard InChI is InChI=1S/C20H10F3NO2/c21-10-1-4-16-13(7-10)20(19(25)24-16)14-8-11(22)2-5-17(14)26-18-6-3-12(23)9-15(18)20/h1-9H,(H,24,25). The van der Waals surface area contributed by atoms with Gasteiger partial charge in [0.1, 0.15) is 34.4 Å². The zero-order valence-electron chi connectivity index (χ0n) is 13.1. The van der Waals surface area contributed by atoms with Gasteiger partial charge in [-0.25, -0.2) is 13.2 Å². The molecule has 1 N–H and O–H groups in total. The van der Waals surface area contributed by atoms with Crippen LogP contribution in [0.15, 0.2) is 54.6 Å². The van der Waals surface area contributed by atoms with Gasteiger partial charge < -0.3 is 10.1 Å². The summed E-state index contributed by atoms with van der Waals surface area (Å²) in [5.74, 6) is -1.70. The molecule has 2 heterocycles. The lowest BCUT2D eigenvalue weighted by molar-refractivity contribution is -0.118. The van der Waals surface area contributed by atoms with Gasteiger partial charge in [-0.2, -0.15) is 0 Å². The molecule has 3 aromatic rings. The van der Waals surface area contributed by atoms with E-state index in [4.69, 9.17) is 4.74 Å². The Morgan fingerprint density at radius 2 is 1.23 bits per heavy atom. The fourth-order valence-electron chi connectivity index (χ4n) is 3.84. The van der Waals surface area contributed by atoms with Crippen LogP contribution in [0.2, 0.25) is 0 Å². The summed E-state index contributed by atoms with van der Waals surface area (Å²) < 4.78 is 47.8. The van der Waals surface area contributed by atoms with E-state index in [-0.39, 0.29) is 22.6 Å². The van der Waals surface area contributed by atoms with E-state index < -0.39 is 28.8 Å². The third-order valence-electron chi connectivity index (χ3n) is 4.89. The van der Waals surface area contributed by atoms with Crippen LogP contribution in [0.4, 0.5) is 18.9 Å². The summed E-state index contributed by atoms with van der Waals surface area (Å²) in [5.41, 5.74) is -0.493.